The summed E-state index contributed by atoms with van der Waals surface area (Å²) in [4.78, 5) is 2.60. The fraction of sp³-hybridized carbons (Fsp3) is 0.846. The average Bonchev–Trinajstić information content (AvgIpc) is 2.16. The monoisotopic (exact) mass is 209 g/mol. The highest BCUT2D eigenvalue weighted by Crippen LogP contribution is 2.27. The summed E-state index contributed by atoms with van der Waals surface area (Å²) in [5.41, 5.74) is 1.13. The Kier molecular flexibility index (Phi) is 3.81. The van der Waals surface area contributed by atoms with E-state index in [0.717, 1.165) is 31.3 Å². The lowest BCUT2D eigenvalue weighted by molar-refractivity contribution is -0.0702. The molecule has 86 valence electrons. The van der Waals surface area contributed by atoms with Gasteiger partial charge in [-0.1, -0.05) is 31.4 Å². The van der Waals surface area contributed by atoms with E-state index in [1.807, 2.05) is 6.92 Å². The van der Waals surface area contributed by atoms with Gasteiger partial charge in [0.05, 0.1) is 12.7 Å². The lowest BCUT2D eigenvalue weighted by Gasteiger charge is -2.45. The van der Waals surface area contributed by atoms with Crippen molar-refractivity contribution in [1.29, 1.82) is 0 Å². The van der Waals surface area contributed by atoms with Crippen LogP contribution in [-0.4, -0.2) is 36.7 Å². The van der Waals surface area contributed by atoms with Gasteiger partial charge in [0.25, 0.3) is 0 Å². The molecule has 1 saturated carbocycles. The Morgan fingerprint density at radius 1 is 1.27 bits per heavy atom. The Balaban J connectivity index is 1.62. The summed E-state index contributed by atoms with van der Waals surface area (Å²) < 4.78 is 5.72. The van der Waals surface area contributed by atoms with Gasteiger partial charge in [0.2, 0.25) is 0 Å². The predicted octanol–water partition coefficient (Wildman–Crippen LogP) is 2.60. The number of nitrogens with zero attached hydrogens (tertiary/aromatic N) is 1. The molecule has 0 unspecified atom stereocenters. The van der Waals surface area contributed by atoms with E-state index >= 15 is 0 Å². The Labute approximate surface area is 93.3 Å². The fourth-order valence-corrected chi connectivity index (χ4v) is 2.58. The van der Waals surface area contributed by atoms with E-state index in [4.69, 9.17) is 4.74 Å². The zero-order valence-corrected chi connectivity index (χ0v) is 9.87. The van der Waals surface area contributed by atoms with Gasteiger partial charge in [0, 0.05) is 19.1 Å². The van der Waals surface area contributed by atoms with E-state index < -0.39 is 0 Å². The van der Waals surface area contributed by atoms with Gasteiger partial charge in [-0.3, -0.25) is 4.90 Å². The van der Waals surface area contributed by atoms with Crippen LogP contribution in [0.3, 0.4) is 0 Å². The highest BCUT2D eigenvalue weighted by molar-refractivity contribution is 4.91. The molecule has 0 aromatic rings. The zero-order chi connectivity index (χ0) is 10.7. The fourth-order valence-electron chi connectivity index (χ4n) is 2.58. The van der Waals surface area contributed by atoms with Crippen LogP contribution in [0.15, 0.2) is 12.2 Å². The first-order valence-electron chi connectivity index (χ1n) is 6.26. The third kappa shape index (κ3) is 3.05. The second-order valence-corrected chi connectivity index (χ2v) is 5.14. The van der Waals surface area contributed by atoms with Gasteiger partial charge in [-0.25, -0.2) is 0 Å². The molecule has 2 nitrogen and oxygen atoms in total. The van der Waals surface area contributed by atoms with Gasteiger partial charge >= 0.3 is 0 Å². The normalized spacial score (nSPS) is 25.1. The molecule has 15 heavy (non-hydrogen) atoms. The molecule has 0 bridgehead atoms. The minimum absolute atomic E-state index is 0.476. The van der Waals surface area contributed by atoms with Crippen LogP contribution < -0.4 is 0 Å². The summed E-state index contributed by atoms with van der Waals surface area (Å²) in [5.74, 6) is 0. The van der Waals surface area contributed by atoms with Gasteiger partial charge in [-0.2, -0.15) is 0 Å². The first-order valence-corrected chi connectivity index (χ1v) is 6.26. The molecule has 2 aliphatic rings. The van der Waals surface area contributed by atoms with E-state index in [2.05, 4.69) is 11.5 Å². The van der Waals surface area contributed by atoms with Crippen molar-refractivity contribution in [2.24, 2.45) is 0 Å². The van der Waals surface area contributed by atoms with E-state index in [1.54, 1.807) is 0 Å². The summed E-state index contributed by atoms with van der Waals surface area (Å²) in [5, 5.41) is 0. The van der Waals surface area contributed by atoms with Gasteiger partial charge in [0.1, 0.15) is 0 Å². The molecule has 2 heteroatoms. The third-order valence-corrected chi connectivity index (χ3v) is 3.53. The van der Waals surface area contributed by atoms with Crippen molar-refractivity contribution in [3.8, 4) is 0 Å². The molecule has 0 spiro atoms. The van der Waals surface area contributed by atoms with E-state index in [-0.39, 0.29) is 0 Å². The third-order valence-electron chi connectivity index (χ3n) is 3.53. The van der Waals surface area contributed by atoms with Crippen molar-refractivity contribution in [2.45, 2.75) is 51.2 Å². The van der Waals surface area contributed by atoms with E-state index in [1.165, 1.54) is 32.1 Å². The van der Waals surface area contributed by atoms with Crippen LogP contribution in [-0.2, 0) is 4.74 Å². The summed E-state index contributed by atoms with van der Waals surface area (Å²) in [6.45, 7) is 8.92. The average molecular weight is 209 g/mol. The lowest BCUT2D eigenvalue weighted by Crippen LogP contribution is -2.56. The topological polar surface area (TPSA) is 12.5 Å². The molecule has 0 aromatic heterocycles. The van der Waals surface area contributed by atoms with Gasteiger partial charge < -0.3 is 4.74 Å². The maximum absolute atomic E-state index is 5.72. The quantitative estimate of drug-likeness (QED) is 0.660. The van der Waals surface area contributed by atoms with Crippen LogP contribution in [0.5, 0.6) is 0 Å². The predicted molar refractivity (Wildman–Crippen MR) is 63.0 cm³/mol. The Morgan fingerprint density at radius 2 is 1.93 bits per heavy atom. The minimum atomic E-state index is 0.476. The second kappa shape index (κ2) is 5.13. The molecular weight excluding hydrogens is 186 g/mol. The Hall–Kier alpha value is -0.340. The molecule has 1 aliphatic heterocycles. The number of hydrogen-bond acceptors (Lipinski definition) is 2. The summed E-state index contributed by atoms with van der Waals surface area (Å²) in [7, 11) is 0. The van der Waals surface area contributed by atoms with Crippen molar-refractivity contribution in [3.05, 3.63) is 12.2 Å². The molecule has 0 amide bonds. The Morgan fingerprint density at radius 3 is 2.53 bits per heavy atom. The molecule has 1 saturated heterocycles. The first-order chi connectivity index (χ1) is 7.25. The van der Waals surface area contributed by atoms with Crippen molar-refractivity contribution < 1.29 is 4.74 Å². The van der Waals surface area contributed by atoms with Gasteiger partial charge in [-0.15, -0.1) is 0 Å². The smallest absolute Gasteiger partial charge is 0.0833 e. The van der Waals surface area contributed by atoms with Crippen molar-refractivity contribution in [1.82, 2.24) is 4.90 Å². The first kappa shape index (κ1) is 11.2. The standard InChI is InChI=1S/C13H23NO/c1-11(2)10-15-13-8-14(9-13)12-6-4-3-5-7-12/h12-13H,1,3-10H2,2H3. The number of likely N-dealkylation sites (tertiary alicyclic amines) is 1. The molecular formula is C13H23NO. The highest BCUT2D eigenvalue weighted by Gasteiger charge is 2.33. The van der Waals surface area contributed by atoms with Crippen LogP contribution in [0.2, 0.25) is 0 Å². The maximum Gasteiger partial charge on any atom is 0.0833 e. The van der Waals surface area contributed by atoms with Crippen molar-refractivity contribution >= 4 is 0 Å². The SMILES string of the molecule is C=C(C)COC1CN(C2CCCCC2)C1. The summed E-state index contributed by atoms with van der Waals surface area (Å²) in [6.07, 6.45) is 7.60. The molecule has 0 atom stereocenters. The zero-order valence-electron chi connectivity index (χ0n) is 9.87. The van der Waals surface area contributed by atoms with Crippen LogP contribution in [0, 0.1) is 0 Å². The second-order valence-electron chi connectivity index (χ2n) is 5.14. The van der Waals surface area contributed by atoms with Crippen molar-refractivity contribution in [2.75, 3.05) is 19.7 Å². The number of ether oxygens (including phenoxy) is 1. The molecule has 1 heterocycles. The molecule has 2 fully saturated rings. The Bertz CT molecular complexity index is 215. The molecule has 1 aliphatic carbocycles. The minimum Gasteiger partial charge on any atom is -0.371 e. The van der Waals surface area contributed by atoms with E-state index in [9.17, 15) is 0 Å². The van der Waals surface area contributed by atoms with Crippen LogP contribution in [0.1, 0.15) is 39.0 Å². The molecule has 0 aromatic carbocycles. The van der Waals surface area contributed by atoms with Crippen LogP contribution in [0.25, 0.3) is 0 Å². The number of rotatable bonds is 4. The van der Waals surface area contributed by atoms with Gasteiger partial charge in [0.15, 0.2) is 0 Å². The van der Waals surface area contributed by atoms with E-state index in [0.29, 0.717) is 6.10 Å². The molecule has 0 N–H and O–H groups in total. The lowest BCUT2D eigenvalue weighted by atomic mass is 9.92. The van der Waals surface area contributed by atoms with Crippen LogP contribution >= 0.6 is 0 Å². The van der Waals surface area contributed by atoms with Crippen molar-refractivity contribution in [3.63, 3.8) is 0 Å². The summed E-state index contributed by atoms with van der Waals surface area (Å²) in [6, 6.07) is 0.864. The molecule has 2 rings (SSSR count). The van der Waals surface area contributed by atoms with Gasteiger partial charge in [-0.05, 0) is 19.8 Å². The highest BCUT2D eigenvalue weighted by atomic mass is 16.5. The van der Waals surface area contributed by atoms with Crippen LogP contribution in [0.4, 0.5) is 0 Å². The number of hydrogen-bond donors (Lipinski definition) is 0. The summed E-state index contributed by atoms with van der Waals surface area (Å²) >= 11 is 0. The maximum atomic E-state index is 5.72. The largest absolute Gasteiger partial charge is 0.371 e. The molecule has 0 radical (unpaired) electrons.